The van der Waals surface area contributed by atoms with Gasteiger partial charge in [0.2, 0.25) is 0 Å². The molecular formula is CH2F4LiNO4S2. The van der Waals surface area contributed by atoms with Crippen molar-refractivity contribution in [2.45, 2.75) is 5.51 Å². The van der Waals surface area contributed by atoms with E-state index in [-0.39, 0.29) is 23.0 Å². The first kappa shape index (κ1) is 15.6. The molecule has 0 saturated carbocycles. The maximum atomic E-state index is 11.4. The second-order valence-corrected chi connectivity index (χ2v) is 4.48. The predicted octanol–water partition coefficient (Wildman–Crippen LogP) is -1.01. The number of sulfonamides is 1. The van der Waals surface area contributed by atoms with Gasteiger partial charge in [-0.25, -0.2) is 8.42 Å². The Kier molecular flexibility index (Phi) is 4.98. The summed E-state index contributed by atoms with van der Waals surface area (Å²) in [6, 6.07) is 0. The van der Waals surface area contributed by atoms with Crippen LogP contribution in [0.5, 0.6) is 0 Å². The van der Waals surface area contributed by atoms with Crippen molar-refractivity contribution in [1.29, 1.82) is 0 Å². The van der Waals surface area contributed by atoms with Crippen LogP contribution in [-0.4, -0.2) is 41.2 Å². The summed E-state index contributed by atoms with van der Waals surface area (Å²) in [6.45, 7) is 0. The molecule has 1 N–H and O–H groups in total. The summed E-state index contributed by atoms with van der Waals surface area (Å²) in [5, 5.41) is 0. The van der Waals surface area contributed by atoms with Crippen molar-refractivity contribution in [2.75, 3.05) is 0 Å². The molecule has 0 aliphatic rings. The zero-order valence-electron chi connectivity index (χ0n) is 4.96. The van der Waals surface area contributed by atoms with Gasteiger partial charge in [-0.2, -0.15) is 21.6 Å². The normalized spacial score (nSPS) is 13.5. The topological polar surface area (TPSA) is 80.3 Å². The quantitative estimate of drug-likeness (QED) is 0.380. The van der Waals surface area contributed by atoms with E-state index in [1.54, 1.807) is 0 Å². The average molecular weight is 239 g/mol. The van der Waals surface area contributed by atoms with Gasteiger partial charge in [-0.3, -0.25) is 0 Å². The third-order valence-electron chi connectivity index (χ3n) is 0.514. The van der Waals surface area contributed by atoms with Crippen molar-refractivity contribution in [3.8, 4) is 0 Å². The number of rotatable bonds is 2. The molecule has 0 atom stereocenters. The summed E-state index contributed by atoms with van der Waals surface area (Å²) in [7, 11) is -12.1. The molecule has 0 spiro atoms. The SMILES string of the molecule is O=S(=O)(F)NS(=O)(=O)C(F)(F)F.[LiH]. The first-order chi connectivity index (χ1) is 4.96. The minimum absolute atomic E-state index is 0. The Morgan fingerprint density at radius 3 is 1.38 bits per heavy atom. The fraction of sp³-hybridized carbons (Fsp3) is 1.00. The Hall–Kier alpha value is 0.177. The van der Waals surface area contributed by atoms with Crippen molar-refractivity contribution in [1.82, 2.24) is 4.13 Å². The zero-order valence-corrected chi connectivity index (χ0v) is 6.59. The summed E-state index contributed by atoms with van der Waals surface area (Å²) in [5.74, 6) is 0. The van der Waals surface area contributed by atoms with Gasteiger partial charge >= 0.3 is 44.8 Å². The first-order valence-electron chi connectivity index (χ1n) is 2.00. The summed E-state index contributed by atoms with van der Waals surface area (Å²) in [6.07, 6.45) is 0. The Bertz CT molecular complexity index is 354. The van der Waals surface area contributed by atoms with Crippen LogP contribution >= 0.6 is 0 Å². The molecule has 0 amide bonds. The molecule has 0 heterocycles. The number of halogens is 4. The van der Waals surface area contributed by atoms with E-state index >= 15 is 0 Å². The van der Waals surface area contributed by atoms with Gasteiger partial charge in [0.05, 0.1) is 0 Å². The molecular weight excluding hydrogens is 237 g/mol. The van der Waals surface area contributed by atoms with Gasteiger partial charge in [-0.15, -0.1) is 0 Å². The van der Waals surface area contributed by atoms with E-state index in [1.165, 1.54) is 0 Å². The molecule has 76 valence electrons. The van der Waals surface area contributed by atoms with Crippen LogP contribution in [0.25, 0.3) is 0 Å². The van der Waals surface area contributed by atoms with Gasteiger partial charge in [0.1, 0.15) is 0 Å². The third kappa shape index (κ3) is 5.48. The number of alkyl halides is 3. The van der Waals surface area contributed by atoms with E-state index in [2.05, 4.69) is 0 Å². The molecule has 0 aromatic carbocycles. The third-order valence-corrected chi connectivity index (χ3v) is 2.80. The second kappa shape index (κ2) is 4.14. The van der Waals surface area contributed by atoms with E-state index in [1.807, 2.05) is 0 Å². The standard InChI is InChI=1S/CHF4NO4S2.Li.H/c2-1(3,4)11(7,8)6-12(5,9)10;;/h6H;;. The van der Waals surface area contributed by atoms with Crippen molar-refractivity contribution < 1.29 is 33.9 Å². The molecule has 0 aliphatic carbocycles. The number of hydrogen-bond donors (Lipinski definition) is 1. The van der Waals surface area contributed by atoms with Crippen LogP contribution < -0.4 is 4.13 Å². The van der Waals surface area contributed by atoms with Crippen LogP contribution in [0.1, 0.15) is 0 Å². The van der Waals surface area contributed by atoms with Gasteiger partial charge < -0.3 is 0 Å². The van der Waals surface area contributed by atoms with E-state index < -0.39 is 25.9 Å². The van der Waals surface area contributed by atoms with Crippen LogP contribution in [-0.2, 0) is 20.4 Å². The van der Waals surface area contributed by atoms with Crippen LogP contribution in [0.4, 0.5) is 17.1 Å². The van der Waals surface area contributed by atoms with Gasteiger partial charge in [0.15, 0.2) is 0 Å². The Labute approximate surface area is 83.1 Å². The molecule has 0 fully saturated rings. The molecule has 13 heavy (non-hydrogen) atoms. The van der Waals surface area contributed by atoms with Crippen LogP contribution in [0, 0.1) is 0 Å². The van der Waals surface area contributed by atoms with Gasteiger partial charge in [-0.05, 0) is 0 Å². The van der Waals surface area contributed by atoms with Gasteiger partial charge in [0.25, 0.3) is 0 Å². The van der Waals surface area contributed by atoms with E-state index in [9.17, 15) is 33.9 Å². The molecule has 0 saturated heterocycles. The fourth-order valence-electron chi connectivity index (χ4n) is 0.178. The maximum absolute atomic E-state index is 11.4. The van der Waals surface area contributed by atoms with Crippen LogP contribution in [0.2, 0.25) is 0 Å². The zero-order chi connectivity index (χ0) is 10.2. The van der Waals surface area contributed by atoms with Crippen LogP contribution in [0.3, 0.4) is 0 Å². The van der Waals surface area contributed by atoms with E-state index in [0.29, 0.717) is 0 Å². The second-order valence-electron chi connectivity index (χ2n) is 1.47. The van der Waals surface area contributed by atoms with Crippen LogP contribution in [0.15, 0.2) is 0 Å². The molecule has 5 nitrogen and oxygen atoms in total. The molecule has 0 radical (unpaired) electrons. The minimum atomic E-state index is -6.17. The summed E-state index contributed by atoms with van der Waals surface area (Å²) in [4.78, 5) is 0. The van der Waals surface area contributed by atoms with E-state index in [0.717, 1.165) is 0 Å². The van der Waals surface area contributed by atoms with Crippen molar-refractivity contribution in [2.24, 2.45) is 0 Å². The van der Waals surface area contributed by atoms with Gasteiger partial charge in [-0.1, -0.05) is 8.01 Å². The van der Waals surface area contributed by atoms with Crippen molar-refractivity contribution >= 4 is 39.3 Å². The molecule has 0 aliphatic heterocycles. The molecule has 0 bridgehead atoms. The monoisotopic (exact) mass is 239 g/mol. The molecule has 0 unspecified atom stereocenters. The Morgan fingerprint density at radius 2 is 1.31 bits per heavy atom. The Balaban J connectivity index is 0. The Morgan fingerprint density at radius 1 is 1.00 bits per heavy atom. The molecule has 0 aromatic heterocycles. The predicted molar refractivity (Wildman–Crippen MR) is 35.3 cm³/mol. The summed E-state index contributed by atoms with van der Waals surface area (Å²) < 4.78 is 83.5. The summed E-state index contributed by atoms with van der Waals surface area (Å²) in [5.41, 5.74) is -5.86. The molecule has 0 aromatic rings. The van der Waals surface area contributed by atoms with Crippen molar-refractivity contribution in [3.05, 3.63) is 0 Å². The number of hydrogen-bond acceptors (Lipinski definition) is 4. The van der Waals surface area contributed by atoms with E-state index in [4.69, 9.17) is 0 Å². The average Bonchev–Trinajstić information content (AvgIpc) is 1.52. The first-order valence-corrected chi connectivity index (χ1v) is 4.87. The fourth-order valence-corrected chi connectivity index (χ4v) is 1.60. The van der Waals surface area contributed by atoms with Gasteiger partial charge in [0, 0.05) is 0 Å². The molecule has 0 rings (SSSR count). The number of nitrogens with one attached hydrogen (secondary N) is 1. The van der Waals surface area contributed by atoms with Crippen molar-refractivity contribution in [3.63, 3.8) is 0 Å². The summed E-state index contributed by atoms with van der Waals surface area (Å²) >= 11 is 0. The molecule has 12 heteroatoms.